The molecule has 0 aromatic rings. The van der Waals surface area contributed by atoms with Crippen molar-refractivity contribution in [3.63, 3.8) is 0 Å². The zero-order chi connectivity index (χ0) is 12.8. The zero-order valence-corrected chi connectivity index (χ0v) is 11.5. The standard InChI is InChI=1S/C13H26O3/c1-7-11(4)12(14)8-16-13(5,6)9-15-10(2)3/h10-11H,7-9H2,1-6H3. The highest BCUT2D eigenvalue weighted by molar-refractivity contribution is 5.81. The van der Waals surface area contributed by atoms with Crippen LogP contribution in [0.5, 0.6) is 0 Å². The van der Waals surface area contributed by atoms with E-state index in [-0.39, 0.29) is 24.4 Å². The maximum atomic E-state index is 11.6. The average Bonchev–Trinajstić information content (AvgIpc) is 2.22. The summed E-state index contributed by atoms with van der Waals surface area (Å²) in [5, 5.41) is 0. The molecular formula is C13H26O3. The van der Waals surface area contributed by atoms with Crippen molar-refractivity contribution in [2.75, 3.05) is 13.2 Å². The van der Waals surface area contributed by atoms with E-state index in [1.807, 2.05) is 41.5 Å². The fourth-order valence-electron chi connectivity index (χ4n) is 1.05. The Morgan fingerprint density at radius 3 is 2.25 bits per heavy atom. The molecule has 0 aliphatic carbocycles. The van der Waals surface area contributed by atoms with Crippen LogP contribution in [0.4, 0.5) is 0 Å². The molecule has 1 unspecified atom stereocenters. The minimum atomic E-state index is -0.395. The van der Waals surface area contributed by atoms with Gasteiger partial charge in [0.1, 0.15) is 6.61 Å². The third-order valence-electron chi connectivity index (χ3n) is 2.53. The lowest BCUT2D eigenvalue weighted by Crippen LogP contribution is -2.35. The van der Waals surface area contributed by atoms with Crippen molar-refractivity contribution in [2.24, 2.45) is 5.92 Å². The summed E-state index contributed by atoms with van der Waals surface area (Å²) in [6, 6.07) is 0. The summed E-state index contributed by atoms with van der Waals surface area (Å²) in [5.41, 5.74) is -0.395. The van der Waals surface area contributed by atoms with Crippen LogP contribution in [0.15, 0.2) is 0 Å². The minimum Gasteiger partial charge on any atom is -0.376 e. The van der Waals surface area contributed by atoms with Gasteiger partial charge < -0.3 is 9.47 Å². The molecule has 0 saturated carbocycles. The van der Waals surface area contributed by atoms with Crippen LogP contribution < -0.4 is 0 Å². The van der Waals surface area contributed by atoms with Gasteiger partial charge >= 0.3 is 0 Å². The lowest BCUT2D eigenvalue weighted by Gasteiger charge is -2.26. The van der Waals surface area contributed by atoms with Gasteiger partial charge in [-0.25, -0.2) is 0 Å². The molecule has 0 aromatic carbocycles. The van der Waals surface area contributed by atoms with E-state index >= 15 is 0 Å². The minimum absolute atomic E-state index is 0.0850. The van der Waals surface area contributed by atoms with Crippen LogP contribution in [-0.4, -0.2) is 30.7 Å². The van der Waals surface area contributed by atoms with Gasteiger partial charge in [0.2, 0.25) is 0 Å². The predicted molar refractivity (Wildman–Crippen MR) is 65.6 cm³/mol. The smallest absolute Gasteiger partial charge is 0.161 e. The van der Waals surface area contributed by atoms with Crippen LogP contribution in [0.25, 0.3) is 0 Å². The number of rotatable bonds is 8. The monoisotopic (exact) mass is 230 g/mol. The van der Waals surface area contributed by atoms with E-state index in [9.17, 15) is 4.79 Å². The van der Waals surface area contributed by atoms with Crippen molar-refractivity contribution < 1.29 is 14.3 Å². The first-order valence-electron chi connectivity index (χ1n) is 6.06. The van der Waals surface area contributed by atoms with E-state index in [1.54, 1.807) is 0 Å². The molecule has 3 nitrogen and oxygen atoms in total. The topological polar surface area (TPSA) is 35.5 Å². The van der Waals surface area contributed by atoms with E-state index in [4.69, 9.17) is 9.47 Å². The van der Waals surface area contributed by atoms with Crippen molar-refractivity contribution >= 4 is 5.78 Å². The largest absolute Gasteiger partial charge is 0.376 e. The molecule has 0 spiro atoms. The van der Waals surface area contributed by atoms with Gasteiger partial charge in [0.15, 0.2) is 5.78 Å². The van der Waals surface area contributed by atoms with Crippen LogP contribution in [0, 0.1) is 5.92 Å². The number of ketones is 1. The molecule has 96 valence electrons. The van der Waals surface area contributed by atoms with Gasteiger partial charge in [0, 0.05) is 5.92 Å². The normalized spacial score (nSPS) is 14.2. The number of carbonyl (C=O) groups excluding carboxylic acids is 1. The van der Waals surface area contributed by atoms with Gasteiger partial charge in [-0.2, -0.15) is 0 Å². The van der Waals surface area contributed by atoms with Crippen LogP contribution in [0.1, 0.15) is 48.0 Å². The molecule has 0 radical (unpaired) electrons. The maximum absolute atomic E-state index is 11.6. The number of Topliss-reactive ketones (excluding diaryl/α,β-unsaturated/α-hetero) is 1. The van der Waals surface area contributed by atoms with Crippen molar-refractivity contribution in [3.8, 4) is 0 Å². The van der Waals surface area contributed by atoms with Gasteiger partial charge in [0.25, 0.3) is 0 Å². The fraction of sp³-hybridized carbons (Fsp3) is 0.923. The summed E-state index contributed by atoms with van der Waals surface area (Å²) in [5.74, 6) is 0.252. The second kappa shape index (κ2) is 7.02. The van der Waals surface area contributed by atoms with Crippen LogP contribution >= 0.6 is 0 Å². The Labute approximate surface area is 99.5 Å². The Hall–Kier alpha value is -0.410. The number of ether oxygens (including phenoxy) is 2. The Bertz CT molecular complexity index is 209. The van der Waals surface area contributed by atoms with Gasteiger partial charge in [-0.3, -0.25) is 4.79 Å². The molecule has 16 heavy (non-hydrogen) atoms. The first-order chi connectivity index (χ1) is 7.28. The highest BCUT2D eigenvalue weighted by atomic mass is 16.5. The molecule has 0 bridgehead atoms. The van der Waals surface area contributed by atoms with Gasteiger partial charge in [0.05, 0.1) is 18.3 Å². The quantitative estimate of drug-likeness (QED) is 0.643. The first kappa shape index (κ1) is 15.6. The van der Waals surface area contributed by atoms with Crippen LogP contribution in [0.3, 0.4) is 0 Å². The van der Waals surface area contributed by atoms with Gasteiger partial charge in [-0.15, -0.1) is 0 Å². The molecule has 3 heteroatoms. The molecule has 0 N–H and O–H groups in total. The van der Waals surface area contributed by atoms with Crippen molar-refractivity contribution in [3.05, 3.63) is 0 Å². The summed E-state index contributed by atoms with van der Waals surface area (Å²) >= 11 is 0. The summed E-state index contributed by atoms with van der Waals surface area (Å²) in [6.45, 7) is 12.5. The maximum Gasteiger partial charge on any atom is 0.161 e. The second-order valence-corrected chi connectivity index (χ2v) is 5.18. The molecule has 0 aliphatic rings. The number of carbonyl (C=O) groups is 1. The van der Waals surface area contributed by atoms with Crippen molar-refractivity contribution in [1.29, 1.82) is 0 Å². The molecule has 0 heterocycles. The molecule has 0 aromatic heterocycles. The Balaban J connectivity index is 3.93. The fourth-order valence-corrected chi connectivity index (χ4v) is 1.05. The SMILES string of the molecule is CCC(C)C(=O)COC(C)(C)COC(C)C. The van der Waals surface area contributed by atoms with Crippen molar-refractivity contribution in [1.82, 2.24) is 0 Å². The van der Waals surface area contributed by atoms with Gasteiger partial charge in [-0.05, 0) is 34.1 Å². The Morgan fingerprint density at radius 2 is 1.81 bits per heavy atom. The third kappa shape index (κ3) is 6.96. The molecule has 0 amide bonds. The predicted octanol–water partition coefficient (Wildman–Crippen LogP) is 2.82. The highest BCUT2D eigenvalue weighted by Crippen LogP contribution is 2.12. The van der Waals surface area contributed by atoms with Gasteiger partial charge in [-0.1, -0.05) is 13.8 Å². The van der Waals surface area contributed by atoms with Crippen LogP contribution in [-0.2, 0) is 14.3 Å². The van der Waals surface area contributed by atoms with Crippen LogP contribution in [0.2, 0.25) is 0 Å². The van der Waals surface area contributed by atoms with Crippen molar-refractivity contribution in [2.45, 2.75) is 59.7 Å². The van der Waals surface area contributed by atoms with E-state index < -0.39 is 5.60 Å². The number of hydrogen-bond acceptors (Lipinski definition) is 3. The lowest BCUT2D eigenvalue weighted by molar-refractivity contribution is -0.138. The summed E-state index contributed by atoms with van der Waals surface area (Å²) in [4.78, 5) is 11.6. The average molecular weight is 230 g/mol. The van der Waals surface area contributed by atoms with E-state index in [2.05, 4.69) is 0 Å². The van der Waals surface area contributed by atoms with E-state index in [0.717, 1.165) is 6.42 Å². The first-order valence-corrected chi connectivity index (χ1v) is 6.06. The summed E-state index contributed by atoms with van der Waals surface area (Å²) in [7, 11) is 0. The highest BCUT2D eigenvalue weighted by Gasteiger charge is 2.22. The molecule has 0 aliphatic heterocycles. The molecule has 1 atom stereocenters. The molecule has 0 fully saturated rings. The molecule has 0 rings (SSSR count). The summed E-state index contributed by atoms with van der Waals surface area (Å²) in [6.07, 6.45) is 1.05. The van der Waals surface area contributed by atoms with E-state index in [0.29, 0.717) is 6.61 Å². The number of hydrogen-bond donors (Lipinski definition) is 0. The second-order valence-electron chi connectivity index (χ2n) is 5.18. The zero-order valence-electron chi connectivity index (χ0n) is 11.5. The summed E-state index contributed by atoms with van der Waals surface area (Å²) < 4.78 is 11.1. The molecular weight excluding hydrogens is 204 g/mol. The Morgan fingerprint density at radius 1 is 1.25 bits per heavy atom. The molecule has 0 saturated heterocycles. The Kier molecular flexibility index (Phi) is 6.84. The third-order valence-corrected chi connectivity index (χ3v) is 2.53. The van der Waals surface area contributed by atoms with E-state index in [1.165, 1.54) is 0 Å². The lowest BCUT2D eigenvalue weighted by atomic mass is 10.0.